The third-order valence-electron chi connectivity index (χ3n) is 2.99. The third kappa shape index (κ3) is 5.57. The summed E-state index contributed by atoms with van der Waals surface area (Å²) < 4.78 is 48.5. The number of ether oxygens (including phenoxy) is 1. The van der Waals surface area contributed by atoms with Crippen LogP contribution in [0.4, 0.5) is 5.82 Å². The number of nitrogens with one attached hydrogen (secondary N) is 1. The summed E-state index contributed by atoms with van der Waals surface area (Å²) in [6, 6.07) is 7.50. The maximum absolute atomic E-state index is 12.2. The molecular formula is C15H20N2O5S2. The van der Waals surface area contributed by atoms with Gasteiger partial charge in [-0.2, -0.15) is 0 Å². The predicted molar refractivity (Wildman–Crippen MR) is 94.7 cm³/mol. The van der Waals surface area contributed by atoms with Crippen LogP contribution in [0.2, 0.25) is 0 Å². The Labute approximate surface area is 142 Å². The average molecular weight is 372 g/mol. The Morgan fingerprint density at radius 1 is 1.25 bits per heavy atom. The number of hydrogen-bond acceptors (Lipinski definition) is 6. The number of sulfonamides is 1. The fourth-order valence-corrected chi connectivity index (χ4v) is 3.59. The van der Waals surface area contributed by atoms with E-state index < -0.39 is 19.5 Å². The van der Waals surface area contributed by atoms with Crippen molar-refractivity contribution >= 4 is 31.2 Å². The van der Waals surface area contributed by atoms with Crippen LogP contribution in [0, 0.1) is 6.92 Å². The van der Waals surface area contributed by atoms with Gasteiger partial charge in [0, 0.05) is 18.1 Å². The molecule has 0 bridgehead atoms. The first-order chi connectivity index (χ1) is 11.2. The monoisotopic (exact) mass is 372 g/mol. The van der Waals surface area contributed by atoms with Crippen LogP contribution >= 0.6 is 0 Å². The van der Waals surface area contributed by atoms with Crippen LogP contribution in [0.5, 0.6) is 5.75 Å². The molecule has 0 saturated heterocycles. The number of nitrogens with zero attached hydrogens (tertiary/aromatic N) is 1. The standard InChI is InChI=1S/C15H20N2O5S2/c1-12-11-15(16-22-12)17-24(19,20)14-7-5-13(6-8-14)21-9-4-10-23(2,3)18/h5-8,11H,2,4,9-10H2,1,3H3,(H,16,17). The zero-order valence-corrected chi connectivity index (χ0v) is 15.2. The topological polar surface area (TPSA) is 98.5 Å². The number of benzene rings is 1. The van der Waals surface area contributed by atoms with E-state index in [0.29, 0.717) is 30.3 Å². The van der Waals surface area contributed by atoms with Crippen molar-refractivity contribution in [2.45, 2.75) is 18.2 Å². The van der Waals surface area contributed by atoms with Crippen LogP contribution in [0.25, 0.3) is 0 Å². The molecule has 9 heteroatoms. The lowest BCUT2D eigenvalue weighted by Crippen LogP contribution is -2.13. The van der Waals surface area contributed by atoms with Crippen molar-refractivity contribution in [2.75, 3.05) is 23.3 Å². The summed E-state index contributed by atoms with van der Waals surface area (Å²) in [6.07, 6.45) is 2.22. The van der Waals surface area contributed by atoms with Gasteiger partial charge in [0.15, 0.2) is 5.82 Å². The second-order valence-electron chi connectivity index (χ2n) is 5.49. The van der Waals surface area contributed by atoms with Gasteiger partial charge in [0.25, 0.3) is 10.0 Å². The van der Waals surface area contributed by atoms with Crippen molar-refractivity contribution in [3.05, 3.63) is 36.1 Å². The molecule has 2 rings (SSSR count). The van der Waals surface area contributed by atoms with Crippen molar-refractivity contribution in [1.82, 2.24) is 5.16 Å². The molecule has 1 aromatic carbocycles. The van der Waals surface area contributed by atoms with E-state index in [-0.39, 0.29) is 10.7 Å². The van der Waals surface area contributed by atoms with Crippen LogP contribution in [-0.4, -0.2) is 42.3 Å². The van der Waals surface area contributed by atoms with Crippen LogP contribution in [0.3, 0.4) is 0 Å². The normalized spacial score (nSPS) is 14.1. The first kappa shape index (κ1) is 18.3. The van der Waals surface area contributed by atoms with E-state index in [9.17, 15) is 12.6 Å². The Morgan fingerprint density at radius 2 is 1.92 bits per heavy atom. The van der Waals surface area contributed by atoms with E-state index in [1.54, 1.807) is 25.3 Å². The van der Waals surface area contributed by atoms with Crippen molar-refractivity contribution in [3.63, 3.8) is 0 Å². The van der Waals surface area contributed by atoms with Crippen LogP contribution in [-0.2, 0) is 19.5 Å². The first-order valence-electron chi connectivity index (χ1n) is 7.15. The molecule has 0 fully saturated rings. The second-order valence-corrected chi connectivity index (χ2v) is 9.95. The molecule has 1 unspecified atom stereocenters. The summed E-state index contributed by atoms with van der Waals surface area (Å²) in [5.41, 5.74) is 0. The fourth-order valence-electron chi connectivity index (χ4n) is 1.88. The van der Waals surface area contributed by atoms with E-state index >= 15 is 0 Å². The molecule has 0 aliphatic heterocycles. The van der Waals surface area contributed by atoms with Crippen molar-refractivity contribution in [1.29, 1.82) is 0 Å². The number of hydrogen-bond donors (Lipinski definition) is 1. The highest BCUT2D eigenvalue weighted by atomic mass is 32.2. The first-order valence-corrected chi connectivity index (χ1v) is 10.9. The second kappa shape index (κ2) is 7.27. The molecule has 132 valence electrons. The molecule has 0 radical (unpaired) electrons. The molecule has 1 heterocycles. The van der Waals surface area contributed by atoms with Crippen molar-refractivity contribution < 1.29 is 21.9 Å². The largest absolute Gasteiger partial charge is 0.494 e. The van der Waals surface area contributed by atoms with Crippen LogP contribution in [0.15, 0.2) is 39.8 Å². The summed E-state index contributed by atoms with van der Waals surface area (Å²) in [7, 11) is -5.75. The van der Waals surface area contributed by atoms with Gasteiger partial charge in [-0.1, -0.05) is 5.16 Å². The zero-order chi connectivity index (χ0) is 17.8. The van der Waals surface area contributed by atoms with Crippen LogP contribution < -0.4 is 9.46 Å². The summed E-state index contributed by atoms with van der Waals surface area (Å²) in [4.78, 5) is 0.0878. The number of aryl methyl sites for hydroxylation is 1. The highest BCUT2D eigenvalue weighted by molar-refractivity contribution is 7.99. The van der Waals surface area contributed by atoms with Gasteiger partial charge in [-0.15, -0.1) is 0 Å². The maximum Gasteiger partial charge on any atom is 0.263 e. The van der Waals surface area contributed by atoms with E-state index in [1.807, 2.05) is 0 Å². The lowest BCUT2D eigenvalue weighted by atomic mass is 10.3. The molecule has 0 aliphatic carbocycles. The van der Waals surface area contributed by atoms with Crippen molar-refractivity contribution in [2.24, 2.45) is 0 Å². The summed E-state index contributed by atoms with van der Waals surface area (Å²) in [5.74, 6) is 5.24. The van der Waals surface area contributed by atoms with Crippen LogP contribution in [0.1, 0.15) is 12.2 Å². The summed E-state index contributed by atoms with van der Waals surface area (Å²) in [5, 5.41) is 3.60. The quantitative estimate of drug-likeness (QED) is 0.561. The van der Waals surface area contributed by atoms with E-state index in [1.165, 1.54) is 18.2 Å². The Balaban J connectivity index is 1.95. The molecule has 24 heavy (non-hydrogen) atoms. The Bertz CT molecular complexity index is 884. The Morgan fingerprint density at radius 3 is 2.46 bits per heavy atom. The Kier molecular flexibility index (Phi) is 5.55. The van der Waals surface area contributed by atoms with E-state index in [0.717, 1.165) is 0 Å². The maximum atomic E-state index is 12.2. The molecule has 2 aromatic rings. The Hall–Kier alpha value is -2.00. The lowest BCUT2D eigenvalue weighted by Gasteiger charge is -2.08. The minimum absolute atomic E-state index is 0.0878. The minimum Gasteiger partial charge on any atom is -0.494 e. The fraction of sp³-hybridized carbons (Fsp3) is 0.333. The van der Waals surface area contributed by atoms with E-state index in [2.05, 4.69) is 15.7 Å². The minimum atomic E-state index is -3.74. The molecule has 0 aliphatic rings. The highest BCUT2D eigenvalue weighted by Gasteiger charge is 2.16. The van der Waals surface area contributed by atoms with Gasteiger partial charge in [-0.25, -0.2) is 8.42 Å². The molecule has 1 atom stereocenters. The number of anilines is 1. The molecule has 1 N–H and O–H groups in total. The molecular weight excluding hydrogens is 352 g/mol. The summed E-state index contributed by atoms with van der Waals surface area (Å²) >= 11 is 0. The lowest BCUT2D eigenvalue weighted by molar-refractivity contribution is 0.318. The van der Waals surface area contributed by atoms with Gasteiger partial charge >= 0.3 is 0 Å². The SMILES string of the molecule is C=S(C)(=O)CCCOc1ccc(S(=O)(=O)Nc2cc(C)on2)cc1. The van der Waals surface area contributed by atoms with Gasteiger partial charge in [-0.05, 0) is 53.0 Å². The molecule has 0 amide bonds. The molecule has 7 nitrogen and oxygen atoms in total. The van der Waals surface area contributed by atoms with Gasteiger partial charge in [-0.3, -0.25) is 8.93 Å². The number of rotatable bonds is 8. The average Bonchev–Trinajstić information content (AvgIpc) is 2.87. The molecule has 0 spiro atoms. The molecule has 0 saturated carbocycles. The highest BCUT2D eigenvalue weighted by Crippen LogP contribution is 2.19. The predicted octanol–water partition coefficient (Wildman–Crippen LogP) is 1.90. The summed E-state index contributed by atoms with van der Waals surface area (Å²) in [6.45, 7) is 2.06. The van der Waals surface area contributed by atoms with Gasteiger partial charge in [0.05, 0.1) is 11.5 Å². The molecule has 1 aromatic heterocycles. The smallest absolute Gasteiger partial charge is 0.263 e. The third-order valence-corrected chi connectivity index (χ3v) is 5.51. The van der Waals surface area contributed by atoms with Gasteiger partial charge in [0.2, 0.25) is 0 Å². The van der Waals surface area contributed by atoms with Gasteiger partial charge in [0.1, 0.15) is 11.5 Å². The van der Waals surface area contributed by atoms with E-state index in [4.69, 9.17) is 9.26 Å². The van der Waals surface area contributed by atoms with Gasteiger partial charge < -0.3 is 9.26 Å². The van der Waals surface area contributed by atoms with Crippen molar-refractivity contribution in [3.8, 4) is 5.75 Å². The zero-order valence-electron chi connectivity index (χ0n) is 13.5. The number of aromatic nitrogens is 1.